The van der Waals surface area contributed by atoms with Crippen molar-refractivity contribution in [2.75, 3.05) is 5.32 Å². The normalized spacial score (nSPS) is 11.6. The smallest absolute Gasteiger partial charge is 0.418 e. The lowest BCUT2D eigenvalue weighted by atomic mass is 9.93. The van der Waals surface area contributed by atoms with Crippen LogP contribution in [0.2, 0.25) is 5.02 Å². The molecule has 1 heterocycles. The highest BCUT2D eigenvalue weighted by atomic mass is 35.5. The van der Waals surface area contributed by atoms with E-state index in [4.69, 9.17) is 21.3 Å². The number of hydrogen-bond acceptors (Lipinski definition) is 4. The molecule has 5 nitrogen and oxygen atoms in total. The van der Waals surface area contributed by atoms with E-state index in [2.05, 4.69) is 5.32 Å². The first kappa shape index (κ1) is 26.6. The van der Waals surface area contributed by atoms with E-state index in [0.29, 0.717) is 32.7 Å². The standard InChI is InChI=1S/C28H17ClF4N2O3/c1-15-10-19-24(14-22(15)29)38-27(37)20(26(19)17-6-2-4-16(11-17)5-3-9-34)13-25(36)35-23-8-7-18(30)12-21(23)28(31,32)33/h2-8,10-12,14H,13H2,1H3,(H,35,36). The van der Waals surface area contributed by atoms with Crippen molar-refractivity contribution in [3.8, 4) is 17.2 Å². The van der Waals surface area contributed by atoms with Crippen molar-refractivity contribution in [1.82, 2.24) is 0 Å². The van der Waals surface area contributed by atoms with Crippen molar-refractivity contribution < 1.29 is 26.8 Å². The number of nitriles is 1. The maximum absolute atomic E-state index is 13.5. The molecule has 192 valence electrons. The average Bonchev–Trinajstić information content (AvgIpc) is 2.85. The molecule has 10 heteroatoms. The zero-order chi connectivity index (χ0) is 27.6. The van der Waals surface area contributed by atoms with Crippen LogP contribution in [0.15, 0.2) is 69.9 Å². The van der Waals surface area contributed by atoms with Crippen LogP contribution in [0.4, 0.5) is 23.2 Å². The maximum Gasteiger partial charge on any atom is 0.418 e. The second-order valence-electron chi connectivity index (χ2n) is 8.34. The summed E-state index contributed by atoms with van der Waals surface area (Å²) in [7, 11) is 0. The zero-order valence-corrected chi connectivity index (χ0v) is 20.4. The molecule has 3 aromatic carbocycles. The number of nitrogens with one attached hydrogen (secondary N) is 1. The molecule has 0 bridgehead atoms. The van der Waals surface area contributed by atoms with Gasteiger partial charge in [-0.3, -0.25) is 4.79 Å². The Bertz CT molecular complexity index is 1700. The van der Waals surface area contributed by atoms with Gasteiger partial charge in [0.2, 0.25) is 5.91 Å². The van der Waals surface area contributed by atoms with Gasteiger partial charge >= 0.3 is 11.8 Å². The minimum atomic E-state index is -4.92. The Labute approximate surface area is 218 Å². The Hall–Kier alpha value is -4.42. The van der Waals surface area contributed by atoms with Crippen LogP contribution in [-0.4, -0.2) is 5.91 Å². The third-order valence-electron chi connectivity index (χ3n) is 5.71. The lowest BCUT2D eigenvalue weighted by molar-refractivity contribution is -0.137. The van der Waals surface area contributed by atoms with E-state index in [1.807, 2.05) is 6.07 Å². The number of carbonyl (C=O) groups excluding carboxylic acids is 1. The second kappa shape index (κ2) is 10.5. The fourth-order valence-corrected chi connectivity index (χ4v) is 4.16. The van der Waals surface area contributed by atoms with Crippen LogP contribution in [0, 0.1) is 24.1 Å². The summed E-state index contributed by atoms with van der Waals surface area (Å²) < 4.78 is 59.1. The molecule has 0 spiro atoms. The molecule has 0 fully saturated rings. The molecule has 38 heavy (non-hydrogen) atoms. The molecule has 0 saturated heterocycles. The molecule has 4 aromatic rings. The van der Waals surface area contributed by atoms with Crippen molar-refractivity contribution in [3.63, 3.8) is 0 Å². The molecule has 4 rings (SSSR count). The average molecular weight is 541 g/mol. The van der Waals surface area contributed by atoms with Gasteiger partial charge in [0.15, 0.2) is 0 Å². The molecular formula is C28H17ClF4N2O3. The van der Waals surface area contributed by atoms with E-state index in [9.17, 15) is 27.2 Å². The fourth-order valence-electron chi connectivity index (χ4n) is 4.01. The first-order chi connectivity index (χ1) is 18.0. The van der Waals surface area contributed by atoms with E-state index in [-0.39, 0.29) is 17.2 Å². The highest BCUT2D eigenvalue weighted by Gasteiger charge is 2.34. The van der Waals surface area contributed by atoms with Gasteiger partial charge in [-0.2, -0.15) is 18.4 Å². The van der Waals surface area contributed by atoms with E-state index in [0.717, 1.165) is 12.1 Å². The molecule has 1 N–H and O–H groups in total. The minimum Gasteiger partial charge on any atom is -0.422 e. The van der Waals surface area contributed by atoms with Gasteiger partial charge in [0.25, 0.3) is 0 Å². The maximum atomic E-state index is 13.5. The Balaban J connectivity index is 1.86. The predicted molar refractivity (Wildman–Crippen MR) is 136 cm³/mol. The van der Waals surface area contributed by atoms with Crippen LogP contribution in [0.5, 0.6) is 0 Å². The highest BCUT2D eigenvalue weighted by Crippen LogP contribution is 2.37. The zero-order valence-electron chi connectivity index (χ0n) is 19.6. The third-order valence-corrected chi connectivity index (χ3v) is 6.11. The summed E-state index contributed by atoms with van der Waals surface area (Å²) in [5.74, 6) is -2.06. The van der Waals surface area contributed by atoms with Gasteiger partial charge in [0.1, 0.15) is 11.4 Å². The van der Waals surface area contributed by atoms with E-state index in [1.54, 1.807) is 43.3 Å². The Kier molecular flexibility index (Phi) is 7.37. The summed E-state index contributed by atoms with van der Waals surface area (Å²) in [6.45, 7) is 1.74. The van der Waals surface area contributed by atoms with Crippen molar-refractivity contribution in [2.24, 2.45) is 0 Å². The number of rotatable bonds is 5. The fraction of sp³-hybridized carbons (Fsp3) is 0.107. The number of carbonyl (C=O) groups is 1. The summed E-state index contributed by atoms with van der Waals surface area (Å²) in [5, 5.41) is 11.8. The number of benzene rings is 3. The molecule has 0 unspecified atom stereocenters. The molecule has 0 aliphatic carbocycles. The Morgan fingerprint density at radius 2 is 1.92 bits per heavy atom. The summed E-state index contributed by atoms with van der Waals surface area (Å²) >= 11 is 6.21. The molecule has 0 saturated carbocycles. The number of halogens is 5. The van der Waals surface area contributed by atoms with Gasteiger partial charge in [0.05, 0.1) is 29.3 Å². The first-order valence-corrected chi connectivity index (χ1v) is 11.4. The van der Waals surface area contributed by atoms with Crippen molar-refractivity contribution >= 4 is 40.2 Å². The number of fused-ring (bicyclic) bond motifs is 1. The topological polar surface area (TPSA) is 83.1 Å². The number of allylic oxidation sites excluding steroid dienone is 1. The molecule has 1 aromatic heterocycles. The molecule has 0 aliphatic rings. The quantitative estimate of drug-likeness (QED) is 0.164. The molecule has 1 amide bonds. The van der Waals surface area contributed by atoms with E-state index >= 15 is 0 Å². The monoisotopic (exact) mass is 540 g/mol. The molecule has 0 aliphatic heterocycles. The van der Waals surface area contributed by atoms with Crippen LogP contribution >= 0.6 is 11.6 Å². The molecule has 0 radical (unpaired) electrons. The summed E-state index contributed by atoms with van der Waals surface area (Å²) in [4.78, 5) is 26.0. The number of nitrogens with zero attached hydrogens (tertiary/aromatic N) is 1. The van der Waals surface area contributed by atoms with Crippen LogP contribution in [-0.2, 0) is 17.4 Å². The third kappa shape index (κ3) is 5.61. The van der Waals surface area contributed by atoms with Gasteiger partial charge in [-0.25, -0.2) is 9.18 Å². The van der Waals surface area contributed by atoms with Crippen LogP contribution in [0.1, 0.15) is 22.3 Å². The van der Waals surface area contributed by atoms with E-state index in [1.165, 1.54) is 12.1 Å². The number of alkyl halides is 3. The number of anilines is 1. The number of amides is 1. The summed E-state index contributed by atoms with van der Waals surface area (Å²) in [5.41, 5.74) is -0.719. The minimum absolute atomic E-state index is 0.103. The van der Waals surface area contributed by atoms with Crippen molar-refractivity contribution in [2.45, 2.75) is 19.5 Å². The largest absolute Gasteiger partial charge is 0.422 e. The van der Waals surface area contributed by atoms with Gasteiger partial charge in [0, 0.05) is 28.1 Å². The number of aryl methyl sites for hydroxylation is 1. The lowest BCUT2D eigenvalue weighted by Gasteiger charge is -2.16. The molecular weight excluding hydrogens is 524 g/mol. The Morgan fingerprint density at radius 1 is 1.16 bits per heavy atom. The van der Waals surface area contributed by atoms with Gasteiger partial charge in [-0.15, -0.1) is 0 Å². The highest BCUT2D eigenvalue weighted by molar-refractivity contribution is 6.32. The summed E-state index contributed by atoms with van der Waals surface area (Å²) in [6, 6.07) is 13.7. The first-order valence-electron chi connectivity index (χ1n) is 11.1. The van der Waals surface area contributed by atoms with Crippen molar-refractivity contribution in [3.05, 3.63) is 104 Å². The second-order valence-corrected chi connectivity index (χ2v) is 8.75. The van der Waals surface area contributed by atoms with Crippen LogP contribution in [0.3, 0.4) is 0 Å². The lowest BCUT2D eigenvalue weighted by Crippen LogP contribution is -2.22. The van der Waals surface area contributed by atoms with Crippen molar-refractivity contribution in [1.29, 1.82) is 5.26 Å². The molecule has 0 atom stereocenters. The van der Waals surface area contributed by atoms with Crippen LogP contribution in [0.25, 0.3) is 28.2 Å². The predicted octanol–water partition coefficient (Wildman–Crippen LogP) is 7.30. The van der Waals surface area contributed by atoms with Gasteiger partial charge in [-0.05, 0) is 60.0 Å². The SMILES string of the molecule is Cc1cc2c(-c3cccc(C=CC#N)c3)c(CC(=O)Nc3ccc(F)cc3C(F)(F)F)c(=O)oc2cc1Cl. The van der Waals surface area contributed by atoms with Gasteiger partial charge < -0.3 is 9.73 Å². The number of hydrogen-bond donors (Lipinski definition) is 1. The summed E-state index contributed by atoms with van der Waals surface area (Å²) in [6.07, 6.45) is -2.73. The van der Waals surface area contributed by atoms with E-state index < -0.39 is 41.2 Å². The Morgan fingerprint density at radius 3 is 2.63 bits per heavy atom. The van der Waals surface area contributed by atoms with Crippen LogP contribution < -0.4 is 10.9 Å². The van der Waals surface area contributed by atoms with Gasteiger partial charge in [-0.1, -0.05) is 29.8 Å².